The number of hydrogen-bond acceptors (Lipinski definition) is 4. The van der Waals surface area contributed by atoms with Gasteiger partial charge in [-0.25, -0.2) is 0 Å². The number of carbonyl (C=O) groups excluding carboxylic acids is 1. The average molecular weight is 291 g/mol. The highest BCUT2D eigenvalue weighted by Crippen LogP contribution is 2.29. The molecule has 1 fully saturated rings. The first-order valence-electron chi connectivity index (χ1n) is 7.03. The molecule has 1 saturated heterocycles. The van der Waals surface area contributed by atoms with E-state index >= 15 is 0 Å². The molecule has 114 valence electrons. The molecule has 0 saturated carbocycles. The molecule has 1 N–H and O–H groups in total. The molecule has 0 aliphatic carbocycles. The van der Waals surface area contributed by atoms with Crippen LogP contribution < -0.4 is 14.8 Å². The summed E-state index contributed by atoms with van der Waals surface area (Å²) in [6.45, 7) is 1.33. The summed E-state index contributed by atoms with van der Waals surface area (Å²) in [7, 11) is 3.17. The van der Waals surface area contributed by atoms with E-state index in [1.807, 2.05) is 18.2 Å². The number of carbonyl (C=O) groups is 1. The van der Waals surface area contributed by atoms with Crippen LogP contribution in [0.1, 0.15) is 18.4 Å². The number of nitrogens with one attached hydrogen (secondary N) is 1. The summed E-state index contributed by atoms with van der Waals surface area (Å²) in [5, 5.41) is 2.84. The van der Waals surface area contributed by atoms with Gasteiger partial charge in [0.2, 0.25) is 5.91 Å². The Kier molecular flexibility index (Phi) is 5.63. The maximum Gasteiger partial charge on any atom is 0.244 e. The molecule has 2 rings (SSSR count). The molecule has 0 unspecified atom stereocenters. The third-order valence-corrected chi connectivity index (χ3v) is 3.40. The summed E-state index contributed by atoms with van der Waals surface area (Å²) in [5.74, 6) is 1.17. The van der Waals surface area contributed by atoms with E-state index in [0.717, 1.165) is 25.0 Å². The molecule has 21 heavy (non-hydrogen) atoms. The first kappa shape index (κ1) is 15.4. The summed E-state index contributed by atoms with van der Waals surface area (Å²) < 4.78 is 16.0. The molecule has 1 aromatic rings. The van der Waals surface area contributed by atoms with Crippen LogP contribution >= 0.6 is 0 Å². The van der Waals surface area contributed by atoms with Crippen molar-refractivity contribution in [2.75, 3.05) is 27.4 Å². The molecule has 1 atom stereocenters. The second-order valence-corrected chi connectivity index (χ2v) is 4.79. The van der Waals surface area contributed by atoms with Gasteiger partial charge in [-0.2, -0.15) is 0 Å². The summed E-state index contributed by atoms with van der Waals surface area (Å²) in [6.07, 6.45) is 5.39. The largest absolute Gasteiger partial charge is 0.496 e. The third-order valence-electron chi connectivity index (χ3n) is 3.40. The van der Waals surface area contributed by atoms with Crippen LogP contribution in [0.15, 0.2) is 24.3 Å². The maximum absolute atomic E-state index is 11.8. The molecule has 0 spiro atoms. The van der Waals surface area contributed by atoms with Crippen molar-refractivity contribution >= 4 is 12.0 Å². The highest BCUT2D eigenvalue weighted by Gasteiger charge is 2.15. The average Bonchev–Trinajstić information content (AvgIpc) is 3.03. The summed E-state index contributed by atoms with van der Waals surface area (Å²) in [5.41, 5.74) is 0.745. The molecule has 0 bridgehead atoms. The van der Waals surface area contributed by atoms with Gasteiger partial charge in [0.25, 0.3) is 0 Å². The lowest BCUT2D eigenvalue weighted by Gasteiger charge is -2.10. The van der Waals surface area contributed by atoms with Crippen LogP contribution in [0.3, 0.4) is 0 Å². The quantitative estimate of drug-likeness (QED) is 0.815. The lowest BCUT2D eigenvalue weighted by molar-refractivity contribution is -0.116. The van der Waals surface area contributed by atoms with Crippen LogP contribution in [0, 0.1) is 0 Å². The van der Waals surface area contributed by atoms with Crippen molar-refractivity contribution in [1.29, 1.82) is 0 Å². The molecule has 0 aromatic heterocycles. The predicted molar refractivity (Wildman–Crippen MR) is 80.6 cm³/mol. The van der Waals surface area contributed by atoms with Gasteiger partial charge >= 0.3 is 0 Å². The van der Waals surface area contributed by atoms with Crippen molar-refractivity contribution in [3.63, 3.8) is 0 Å². The second kappa shape index (κ2) is 7.69. The van der Waals surface area contributed by atoms with E-state index in [0.29, 0.717) is 18.0 Å². The van der Waals surface area contributed by atoms with Crippen LogP contribution in [-0.2, 0) is 9.53 Å². The van der Waals surface area contributed by atoms with Crippen LogP contribution in [0.2, 0.25) is 0 Å². The molecule has 1 aliphatic heterocycles. The van der Waals surface area contributed by atoms with Gasteiger partial charge in [0.05, 0.1) is 25.9 Å². The summed E-state index contributed by atoms with van der Waals surface area (Å²) in [4.78, 5) is 11.8. The number of hydrogen-bond donors (Lipinski definition) is 1. The maximum atomic E-state index is 11.8. The Bertz CT molecular complexity index is 485. The lowest BCUT2D eigenvalue weighted by atomic mass is 10.1. The second-order valence-electron chi connectivity index (χ2n) is 4.79. The van der Waals surface area contributed by atoms with Gasteiger partial charge in [-0.1, -0.05) is 6.07 Å². The van der Waals surface area contributed by atoms with Crippen LogP contribution in [0.5, 0.6) is 11.5 Å². The molecule has 0 radical (unpaired) electrons. The Morgan fingerprint density at radius 1 is 1.38 bits per heavy atom. The molecular formula is C16H21NO4. The predicted octanol–water partition coefficient (Wildman–Crippen LogP) is 2.01. The Labute approximate surface area is 124 Å². The minimum Gasteiger partial charge on any atom is -0.496 e. The van der Waals surface area contributed by atoms with Crippen LogP contribution in [0.25, 0.3) is 6.08 Å². The van der Waals surface area contributed by atoms with E-state index in [9.17, 15) is 4.79 Å². The molecule has 5 heteroatoms. The minimum atomic E-state index is -0.154. The van der Waals surface area contributed by atoms with Crippen LogP contribution in [-0.4, -0.2) is 39.4 Å². The highest BCUT2D eigenvalue weighted by molar-refractivity contribution is 5.92. The number of methoxy groups -OCH3 is 2. The van der Waals surface area contributed by atoms with Gasteiger partial charge in [0.15, 0.2) is 0 Å². The Morgan fingerprint density at radius 3 is 2.67 bits per heavy atom. The smallest absolute Gasteiger partial charge is 0.244 e. The minimum absolute atomic E-state index is 0.142. The van der Waals surface area contributed by atoms with E-state index in [4.69, 9.17) is 14.2 Å². The summed E-state index contributed by atoms with van der Waals surface area (Å²) in [6, 6.07) is 5.49. The topological polar surface area (TPSA) is 56.8 Å². The zero-order chi connectivity index (χ0) is 15.1. The van der Waals surface area contributed by atoms with Crippen molar-refractivity contribution < 1.29 is 19.0 Å². The Balaban J connectivity index is 1.97. The molecule has 1 aliphatic rings. The standard InChI is InChI=1S/C16H21NO4/c1-19-14-6-3-7-15(20-2)13(14)8-9-16(18)17-11-12-5-4-10-21-12/h3,6-9,12H,4-5,10-11H2,1-2H3,(H,17,18)/b9-8+/t12-/m1/s1. The lowest BCUT2D eigenvalue weighted by Crippen LogP contribution is -2.30. The Hall–Kier alpha value is -2.01. The first-order valence-corrected chi connectivity index (χ1v) is 7.03. The van der Waals surface area contributed by atoms with Crippen molar-refractivity contribution in [3.05, 3.63) is 29.8 Å². The van der Waals surface area contributed by atoms with E-state index in [-0.39, 0.29) is 12.0 Å². The normalized spacial score (nSPS) is 17.9. The van der Waals surface area contributed by atoms with Gasteiger partial charge in [-0.05, 0) is 31.1 Å². The van der Waals surface area contributed by atoms with Crippen molar-refractivity contribution in [2.24, 2.45) is 0 Å². The Morgan fingerprint density at radius 2 is 2.10 bits per heavy atom. The van der Waals surface area contributed by atoms with Gasteiger partial charge in [0, 0.05) is 19.2 Å². The summed E-state index contributed by atoms with van der Waals surface area (Å²) >= 11 is 0. The number of amides is 1. The number of ether oxygens (including phenoxy) is 3. The highest BCUT2D eigenvalue weighted by atomic mass is 16.5. The first-order chi connectivity index (χ1) is 10.2. The molecule has 1 heterocycles. The molecule has 5 nitrogen and oxygen atoms in total. The van der Waals surface area contributed by atoms with Crippen LogP contribution in [0.4, 0.5) is 0 Å². The van der Waals surface area contributed by atoms with Crippen molar-refractivity contribution in [1.82, 2.24) is 5.32 Å². The van der Waals surface area contributed by atoms with E-state index in [2.05, 4.69) is 5.32 Å². The van der Waals surface area contributed by atoms with Gasteiger partial charge in [-0.3, -0.25) is 4.79 Å². The zero-order valence-corrected chi connectivity index (χ0v) is 12.4. The van der Waals surface area contributed by atoms with Gasteiger partial charge in [-0.15, -0.1) is 0 Å². The fourth-order valence-corrected chi connectivity index (χ4v) is 2.28. The molecular weight excluding hydrogens is 270 g/mol. The molecule has 1 aromatic carbocycles. The van der Waals surface area contributed by atoms with Gasteiger partial charge in [0.1, 0.15) is 11.5 Å². The fraction of sp³-hybridized carbons (Fsp3) is 0.438. The van der Waals surface area contributed by atoms with Gasteiger partial charge < -0.3 is 19.5 Å². The van der Waals surface area contributed by atoms with E-state index < -0.39 is 0 Å². The zero-order valence-electron chi connectivity index (χ0n) is 12.4. The number of benzene rings is 1. The SMILES string of the molecule is COc1cccc(OC)c1/C=C/C(=O)NC[C@H]1CCCO1. The monoisotopic (exact) mass is 291 g/mol. The number of rotatable bonds is 6. The van der Waals surface area contributed by atoms with E-state index in [1.54, 1.807) is 20.3 Å². The third kappa shape index (κ3) is 4.23. The molecule has 1 amide bonds. The van der Waals surface area contributed by atoms with Crippen molar-refractivity contribution in [2.45, 2.75) is 18.9 Å². The fourth-order valence-electron chi connectivity index (χ4n) is 2.28. The van der Waals surface area contributed by atoms with E-state index in [1.165, 1.54) is 6.08 Å². The van der Waals surface area contributed by atoms with Crippen molar-refractivity contribution in [3.8, 4) is 11.5 Å².